The molecule has 9 nitrogen and oxygen atoms in total. The lowest BCUT2D eigenvalue weighted by molar-refractivity contribution is -0.149. The quantitative estimate of drug-likeness (QED) is 0.363. The molecule has 0 radical (unpaired) electrons. The van der Waals surface area contributed by atoms with Gasteiger partial charge in [-0.25, -0.2) is 0 Å². The van der Waals surface area contributed by atoms with Gasteiger partial charge in [-0.15, -0.1) is 0 Å². The van der Waals surface area contributed by atoms with Gasteiger partial charge in [0.25, 0.3) is 0 Å². The van der Waals surface area contributed by atoms with Gasteiger partial charge in [0.05, 0.1) is 29.8 Å². The van der Waals surface area contributed by atoms with Gasteiger partial charge in [-0.3, -0.25) is 33.8 Å². The Bertz CT molecular complexity index is 999. The SMILES string of the molecule is O=C(NC[C@@H]1CCCO1)[C@H](CCCCN1C(=O)[C@@H]2[C@H]3CC[C@@H](C3)[C@H]2C1=O)N1C(=O)[C@@H]2[C@H]3CC[C@@H](C3)[C@@H]2C1=O. The third-order valence-corrected chi connectivity index (χ3v) is 11.2. The maximum Gasteiger partial charge on any atom is 0.243 e. The van der Waals surface area contributed by atoms with Crippen molar-refractivity contribution < 1.29 is 28.7 Å². The fraction of sp³-hybridized carbons (Fsp3) is 0.828. The first-order valence-electron chi connectivity index (χ1n) is 15.1. The average Bonchev–Trinajstić information content (AvgIpc) is 3.76. The molecule has 10 atom stereocenters. The molecule has 3 saturated heterocycles. The second-order valence-corrected chi connectivity index (χ2v) is 13.0. The molecule has 7 aliphatic rings. The van der Waals surface area contributed by atoms with Crippen molar-refractivity contribution in [3.8, 4) is 0 Å². The summed E-state index contributed by atoms with van der Waals surface area (Å²) in [5, 5.41) is 2.96. The highest BCUT2D eigenvalue weighted by Gasteiger charge is 2.63. The fourth-order valence-electron chi connectivity index (χ4n) is 9.55. The summed E-state index contributed by atoms with van der Waals surface area (Å²) in [7, 11) is 0. The maximum absolute atomic E-state index is 13.5. The second kappa shape index (κ2) is 9.42. The van der Waals surface area contributed by atoms with Crippen molar-refractivity contribution in [1.82, 2.24) is 15.1 Å². The predicted octanol–water partition coefficient (Wildman–Crippen LogP) is 1.88. The number of imide groups is 2. The summed E-state index contributed by atoms with van der Waals surface area (Å²) in [6.45, 7) is 1.42. The Morgan fingerprint density at radius 3 is 1.87 bits per heavy atom. The van der Waals surface area contributed by atoms with E-state index in [2.05, 4.69) is 5.32 Å². The molecule has 1 N–H and O–H groups in total. The molecule has 4 saturated carbocycles. The van der Waals surface area contributed by atoms with E-state index in [0.717, 1.165) is 51.4 Å². The molecular weight excluding hydrogens is 486 g/mol. The summed E-state index contributed by atoms with van der Waals surface area (Å²) in [5.41, 5.74) is 0. The highest BCUT2D eigenvalue weighted by Crippen LogP contribution is 2.57. The third-order valence-electron chi connectivity index (χ3n) is 11.2. The topological polar surface area (TPSA) is 113 Å². The van der Waals surface area contributed by atoms with Crippen molar-refractivity contribution in [1.29, 1.82) is 0 Å². The number of carbonyl (C=O) groups is 5. The van der Waals surface area contributed by atoms with Gasteiger partial charge >= 0.3 is 0 Å². The lowest BCUT2D eigenvalue weighted by Gasteiger charge is -2.28. The molecule has 38 heavy (non-hydrogen) atoms. The first-order chi connectivity index (χ1) is 18.4. The number of ether oxygens (including phenoxy) is 1. The minimum atomic E-state index is -0.846. The third kappa shape index (κ3) is 3.70. The Morgan fingerprint density at radius 2 is 1.34 bits per heavy atom. The number of rotatable bonds is 9. The Kier molecular flexibility index (Phi) is 6.13. The van der Waals surface area contributed by atoms with Gasteiger partial charge < -0.3 is 10.1 Å². The van der Waals surface area contributed by atoms with Crippen LogP contribution in [-0.4, -0.2) is 71.2 Å². The number of hydrogen-bond donors (Lipinski definition) is 1. The average molecular weight is 526 g/mol. The van der Waals surface area contributed by atoms with Crippen LogP contribution in [0.4, 0.5) is 0 Å². The molecule has 7 fully saturated rings. The van der Waals surface area contributed by atoms with Crippen LogP contribution in [0.15, 0.2) is 0 Å². The van der Waals surface area contributed by atoms with Gasteiger partial charge in [0, 0.05) is 19.7 Å². The van der Waals surface area contributed by atoms with Crippen LogP contribution < -0.4 is 5.32 Å². The molecule has 7 rings (SSSR count). The summed E-state index contributed by atoms with van der Waals surface area (Å²) in [5.74, 6) is -0.140. The second-order valence-electron chi connectivity index (χ2n) is 13.0. The van der Waals surface area contributed by atoms with Crippen molar-refractivity contribution in [2.45, 2.75) is 82.8 Å². The van der Waals surface area contributed by atoms with Crippen molar-refractivity contribution in [3.05, 3.63) is 0 Å². The number of carbonyl (C=O) groups excluding carboxylic acids is 5. The van der Waals surface area contributed by atoms with Crippen LogP contribution in [0.25, 0.3) is 0 Å². The van der Waals surface area contributed by atoms with Crippen LogP contribution in [0.3, 0.4) is 0 Å². The lowest BCUT2D eigenvalue weighted by Crippen LogP contribution is -2.51. The zero-order valence-electron chi connectivity index (χ0n) is 22.0. The van der Waals surface area contributed by atoms with Crippen LogP contribution in [-0.2, 0) is 28.7 Å². The van der Waals surface area contributed by atoms with Crippen molar-refractivity contribution in [3.63, 3.8) is 0 Å². The first kappa shape index (κ1) is 24.7. The Morgan fingerprint density at radius 1 is 0.789 bits per heavy atom. The van der Waals surface area contributed by atoms with Gasteiger partial charge in [0.15, 0.2) is 0 Å². The van der Waals surface area contributed by atoms with Gasteiger partial charge in [0.1, 0.15) is 6.04 Å². The zero-order chi connectivity index (χ0) is 26.1. The summed E-state index contributed by atoms with van der Waals surface area (Å²) in [6.07, 6.45) is 9.38. The molecule has 3 aliphatic heterocycles. The number of unbranched alkanes of at least 4 members (excludes halogenated alkanes) is 1. The molecule has 0 aromatic carbocycles. The lowest BCUT2D eigenvalue weighted by atomic mass is 9.81. The number of hydrogen-bond acceptors (Lipinski definition) is 6. The fourth-order valence-corrected chi connectivity index (χ4v) is 9.55. The van der Waals surface area contributed by atoms with Gasteiger partial charge in [-0.1, -0.05) is 0 Å². The Balaban J connectivity index is 1.01. The minimum absolute atomic E-state index is 0.00810. The van der Waals surface area contributed by atoms with E-state index in [1.54, 1.807) is 0 Å². The Hall–Kier alpha value is -2.29. The smallest absolute Gasteiger partial charge is 0.243 e. The van der Waals surface area contributed by atoms with E-state index in [1.807, 2.05) is 0 Å². The van der Waals surface area contributed by atoms with E-state index in [9.17, 15) is 24.0 Å². The van der Waals surface area contributed by atoms with E-state index in [0.29, 0.717) is 50.8 Å². The van der Waals surface area contributed by atoms with Gasteiger partial charge in [-0.2, -0.15) is 0 Å². The molecule has 0 aromatic rings. The summed E-state index contributed by atoms with van der Waals surface area (Å²) < 4.78 is 5.64. The van der Waals surface area contributed by atoms with Crippen LogP contribution in [0.5, 0.6) is 0 Å². The number of likely N-dealkylation sites (tertiary alicyclic amines) is 2. The first-order valence-corrected chi connectivity index (χ1v) is 15.1. The van der Waals surface area contributed by atoms with E-state index in [4.69, 9.17) is 4.74 Å². The molecule has 0 unspecified atom stereocenters. The largest absolute Gasteiger partial charge is 0.376 e. The van der Waals surface area contributed by atoms with Crippen LogP contribution in [0, 0.1) is 47.3 Å². The van der Waals surface area contributed by atoms with E-state index >= 15 is 0 Å². The summed E-state index contributed by atoms with van der Waals surface area (Å²) in [6, 6.07) is -0.846. The van der Waals surface area contributed by atoms with E-state index < -0.39 is 6.04 Å². The Labute approximate surface area is 223 Å². The summed E-state index contributed by atoms with van der Waals surface area (Å²) >= 11 is 0. The molecule has 9 heteroatoms. The molecular formula is C29H39N3O6. The maximum atomic E-state index is 13.5. The highest BCUT2D eigenvalue weighted by atomic mass is 16.5. The zero-order valence-corrected chi connectivity index (χ0v) is 22.0. The highest BCUT2D eigenvalue weighted by molar-refractivity contribution is 6.09. The van der Waals surface area contributed by atoms with Crippen molar-refractivity contribution in [2.75, 3.05) is 19.7 Å². The van der Waals surface area contributed by atoms with Crippen molar-refractivity contribution in [2.24, 2.45) is 47.3 Å². The van der Waals surface area contributed by atoms with Crippen molar-refractivity contribution >= 4 is 29.5 Å². The molecule has 206 valence electrons. The van der Waals surface area contributed by atoms with Gasteiger partial charge in [0.2, 0.25) is 29.5 Å². The van der Waals surface area contributed by atoms with Gasteiger partial charge in [-0.05, 0) is 94.3 Å². The molecule has 0 spiro atoms. The van der Waals surface area contributed by atoms with Crippen LogP contribution in [0.2, 0.25) is 0 Å². The molecule has 4 bridgehead atoms. The number of fused-ring (bicyclic) bond motifs is 10. The predicted molar refractivity (Wildman–Crippen MR) is 134 cm³/mol. The number of amides is 5. The molecule has 4 aliphatic carbocycles. The monoisotopic (exact) mass is 525 g/mol. The van der Waals surface area contributed by atoms with E-state index in [-0.39, 0.29) is 71.1 Å². The minimum Gasteiger partial charge on any atom is -0.376 e. The molecule has 5 amide bonds. The normalized spacial score (nSPS) is 41.5. The molecule has 3 heterocycles. The number of nitrogens with one attached hydrogen (secondary N) is 1. The standard InChI is InChI=1S/C29H39N3O6/c33-25(30-14-19-4-3-11-38-19)20(32-28(36)23-17-8-9-18(13-17)24(23)29(32)37)5-1-2-10-31-26(34)21-15-6-7-16(12-15)22(21)27(31)35/h15-24H,1-14H2,(H,30,33)/t15-,16-,17-,18-,19-,20-,21+,22+,23-,24+/m0/s1. The van der Waals surface area contributed by atoms with Crippen LogP contribution >= 0.6 is 0 Å². The van der Waals surface area contributed by atoms with E-state index in [1.165, 1.54) is 9.80 Å². The summed E-state index contributed by atoms with van der Waals surface area (Å²) in [4.78, 5) is 69.2. The van der Waals surface area contributed by atoms with Crippen LogP contribution in [0.1, 0.15) is 70.6 Å². The molecule has 0 aromatic heterocycles. The number of nitrogens with zero attached hydrogens (tertiary/aromatic N) is 2.